The third kappa shape index (κ3) is 6.36. The Balaban J connectivity index is 0.00000422. The largest absolute Gasteiger partial charge is 2.00 e. The van der Waals surface area contributed by atoms with E-state index in [0.29, 0.717) is 5.92 Å². The van der Waals surface area contributed by atoms with E-state index in [0.717, 1.165) is 60.9 Å². The molecule has 4 nitrogen and oxygen atoms in total. The van der Waals surface area contributed by atoms with Crippen LogP contribution in [0.3, 0.4) is 0 Å². The normalized spacial score (nSPS) is 14.4. The SMILES string of the molecule is Cc1ccc2c(c1)c1ccc(-n3c4ccc(C(C)C)cc4c4cccnc43)[c-]c1n2-c1[c-]c(C2=N[C@H](C(c3ccccc3)c3ccccc3)CS2)c(C)cc1C.[Pt+2]. The number of thioether (sulfide) groups is 1. The van der Waals surface area contributed by atoms with E-state index in [1.54, 1.807) is 0 Å². The summed E-state index contributed by atoms with van der Waals surface area (Å²) in [6.45, 7) is 11.1. The van der Waals surface area contributed by atoms with Gasteiger partial charge in [0.25, 0.3) is 0 Å². The Kier molecular flexibility index (Phi) is 9.79. The van der Waals surface area contributed by atoms with Crippen LogP contribution in [0, 0.1) is 32.9 Å². The van der Waals surface area contributed by atoms with Crippen molar-refractivity contribution < 1.29 is 21.1 Å². The van der Waals surface area contributed by atoms with Gasteiger partial charge < -0.3 is 14.1 Å². The molecule has 10 rings (SSSR count). The third-order valence-electron chi connectivity index (χ3n) is 11.5. The van der Waals surface area contributed by atoms with Crippen LogP contribution in [0.5, 0.6) is 0 Å². The van der Waals surface area contributed by atoms with Crippen LogP contribution in [0.25, 0.3) is 55.1 Å². The average molecular weight is 938 g/mol. The van der Waals surface area contributed by atoms with Gasteiger partial charge in [0, 0.05) is 39.2 Å². The second kappa shape index (κ2) is 14.9. The Labute approximate surface area is 352 Å². The van der Waals surface area contributed by atoms with E-state index in [-0.39, 0.29) is 33.0 Å². The molecular formula is C51H42N4PtS. The summed E-state index contributed by atoms with van der Waals surface area (Å²) in [4.78, 5) is 10.4. The Morgan fingerprint density at radius 2 is 1.35 bits per heavy atom. The summed E-state index contributed by atoms with van der Waals surface area (Å²) in [5.41, 5.74) is 14.8. The van der Waals surface area contributed by atoms with Gasteiger partial charge in [-0.15, -0.1) is 46.3 Å². The fraction of sp³-hybridized carbons (Fsp3) is 0.176. The molecule has 6 heteroatoms. The summed E-state index contributed by atoms with van der Waals surface area (Å²) in [6.07, 6.45) is 1.89. The molecule has 0 radical (unpaired) electrons. The molecular weight excluding hydrogens is 896 g/mol. The van der Waals surface area contributed by atoms with Crippen molar-refractivity contribution >= 4 is 60.5 Å². The maximum Gasteiger partial charge on any atom is 2.00 e. The maximum absolute atomic E-state index is 5.50. The molecule has 57 heavy (non-hydrogen) atoms. The minimum atomic E-state index is 0. The summed E-state index contributed by atoms with van der Waals surface area (Å²) in [5, 5.41) is 5.80. The molecule has 0 saturated carbocycles. The number of nitrogens with zero attached hydrogens (tertiary/aromatic N) is 4. The van der Waals surface area contributed by atoms with Crippen LogP contribution in [0.2, 0.25) is 0 Å². The number of aryl methyl sites for hydroxylation is 3. The van der Waals surface area contributed by atoms with Crippen LogP contribution >= 0.6 is 11.8 Å². The Morgan fingerprint density at radius 1 is 0.649 bits per heavy atom. The van der Waals surface area contributed by atoms with Crippen LogP contribution in [-0.2, 0) is 21.1 Å². The topological polar surface area (TPSA) is 35.1 Å². The molecule has 1 aliphatic heterocycles. The first kappa shape index (κ1) is 37.4. The predicted octanol–water partition coefficient (Wildman–Crippen LogP) is 12.6. The molecule has 0 bridgehead atoms. The molecule has 0 spiro atoms. The van der Waals surface area contributed by atoms with E-state index >= 15 is 0 Å². The smallest absolute Gasteiger partial charge is 0.352 e. The third-order valence-corrected chi connectivity index (χ3v) is 12.6. The number of fused-ring (bicyclic) bond motifs is 6. The average Bonchev–Trinajstić information content (AvgIpc) is 3.91. The van der Waals surface area contributed by atoms with Crippen molar-refractivity contribution in [2.45, 2.75) is 52.5 Å². The zero-order chi connectivity index (χ0) is 38.1. The van der Waals surface area contributed by atoms with Crippen LogP contribution in [0.4, 0.5) is 0 Å². The van der Waals surface area contributed by atoms with E-state index in [4.69, 9.17) is 9.98 Å². The quantitative estimate of drug-likeness (QED) is 0.149. The first-order valence-electron chi connectivity index (χ1n) is 19.6. The molecule has 1 aliphatic rings. The molecule has 282 valence electrons. The Morgan fingerprint density at radius 3 is 2.09 bits per heavy atom. The van der Waals surface area contributed by atoms with Crippen molar-refractivity contribution in [1.29, 1.82) is 0 Å². The summed E-state index contributed by atoms with van der Waals surface area (Å²) in [6, 6.07) is 54.3. The number of aliphatic imine (C=N–C) groups is 1. The van der Waals surface area contributed by atoms with Crippen molar-refractivity contribution in [2.75, 3.05) is 5.75 Å². The van der Waals surface area contributed by atoms with Gasteiger partial charge in [-0.25, -0.2) is 4.98 Å². The van der Waals surface area contributed by atoms with Gasteiger partial charge in [-0.05, 0) is 70.9 Å². The van der Waals surface area contributed by atoms with E-state index < -0.39 is 0 Å². The van der Waals surface area contributed by atoms with Crippen LogP contribution in [-0.4, -0.2) is 31.0 Å². The van der Waals surface area contributed by atoms with Gasteiger partial charge in [-0.3, -0.25) is 0 Å². The molecule has 4 heterocycles. The molecule has 0 unspecified atom stereocenters. The van der Waals surface area contributed by atoms with Gasteiger partial charge in [-0.2, -0.15) is 17.8 Å². The molecule has 0 saturated heterocycles. The minimum absolute atomic E-state index is 0. The molecule has 3 aromatic heterocycles. The molecule has 6 aromatic carbocycles. The predicted molar refractivity (Wildman–Crippen MR) is 236 cm³/mol. The van der Waals surface area contributed by atoms with E-state index in [1.165, 1.54) is 44.0 Å². The standard InChI is InChI=1S/C51H42N4S.Pt/c1-31(2)37-19-23-45-43(27-37)40-17-12-24-52-50(40)54(45)38-20-21-39-42-25-32(3)18-22-46(42)55(48(39)28-38)47-29-41(33(4)26-34(47)5)51-53-44(30-56-51)49(35-13-8-6-9-14-35)36-15-10-7-11-16-36;/h6-27,31,44,49H,30H2,1-5H3;/q-2;+2/t44-;/m0./s1. The zero-order valence-electron chi connectivity index (χ0n) is 32.7. The van der Waals surface area contributed by atoms with Crippen molar-refractivity contribution in [3.63, 3.8) is 0 Å². The monoisotopic (exact) mass is 937 g/mol. The first-order chi connectivity index (χ1) is 27.3. The number of hydrogen-bond donors (Lipinski definition) is 0. The minimum Gasteiger partial charge on any atom is -0.352 e. The second-order valence-electron chi connectivity index (χ2n) is 15.6. The van der Waals surface area contributed by atoms with Crippen LogP contribution in [0.15, 0.2) is 139 Å². The first-order valence-corrected chi connectivity index (χ1v) is 20.5. The fourth-order valence-corrected chi connectivity index (χ4v) is 9.93. The second-order valence-corrected chi connectivity index (χ2v) is 16.6. The molecule has 0 fully saturated rings. The van der Waals surface area contributed by atoms with E-state index in [2.05, 4.69) is 177 Å². The number of aromatic nitrogens is 3. The molecule has 9 aromatic rings. The zero-order valence-corrected chi connectivity index (χ0v) is 35.7. The number of rotatable bonds is 7. The summed E-state index contributed by atoms with van der Waals surface area (Å²) in [7, 11) is 0. The van der Waals surface area contributed by atoms with Gasteiger partial charge in [0.2, 0.25) is 0 Å². The van der Waals surface area contributed by atoms with Gasteiger partial charge in [0.05, 0.1) is 11.6 Å². The van der Waals surface area contributed by atoms with Crippen molar-refractivity contribution in [2.24, 2.45) is 4.99 Å². The number of benzene rings is 6. The van der Waals surface area contributed by atoms with Crippen LogP contribution < -0.4 is 0 Å². The number of pyridine rings is 1. The molecule has 0 N–H and O–H groups in total. The molecule has 1 atom stereocenters. The maximum atomic E-state index is 5.50. The van der Waals surface area contributed by atoms with Gasteiger partial charge in [0.15, 0.2) is 0 Å². The Hall–Kier alpha value is -5.22. The summed E-state index contributed by atoms with van der Waals surface area (Å²) < 4.78 is 4.65. The van der Waals surface area contributed by atoms with E-state index in [1.807, 2.05) is 24.0 Å². The molecule has 0 aliphatic carbocycles. The fourth-order valence-electron chi connectivity index (χ4n) is 8.77. The molecule has 0 amide bonds. The van der Waals surface area contributed by atoms with E-state index in [9.17, 15) is 0 Å². The van der Waals surface area contributed by atoms with Crippen molar-refractivity contribution in [1.82, 2.24) is 14.1 Å². The van der Waals surface area contributed by atoms with Gasteiger partial charge in [0.1, 0.15) is 5.65 Å². The van der Waals surface area contributed by atoms with Crippen LogP contribution in [0.1, 0.15) is 64.6 Å². The van der Waals surface area contributed by atoms with Crippen molar-refractivity contribution in [3.05, 3.63) is 185 Å². The summed E-state index contributed by atoms with van der Waals surface area (Å²) >= 11 is 1.85. The summed E-state index contributed by atoms with van der Waals surface area (Å²) in [5.74, 6) is 1.52. The number of hydrogen-bond acceptors (Lipinski definition) is 3. The van der Waals surface area contributed by atoms with Gasteiger partial charge in [-0.1, -0.05) is 123 Å². The van der Waals surface area contributed by atoms with Crippen molar-refractivity contribution in [3.8, 4) is 11.4 Å². The van der Waals surface area contributed by atoms with Gasteiger partial charge >= 0.3 is 21.1 Å². The Bertz CT molecular complexity index is 2960.